The molecule has 2 aliphatic heterocycles. The summed E-state index contributed by atoms with van der Waals surface area (Å²) in [6.07, 6.45) is 2.09. The maximum Gasteiger partial charge on any atom is 0.240 e. The van der Waals surface area contributed by atoms with Crippen molar-refractivity contribution in [1.29, 1.82) is 0 Å². The van der Waals surface area contributed by atoms with Gasteiger partial charge in [-0.05, 0) is 55.7 Å². The van der Waals surface area contributed by atoms with Gasteiger partial charge in [-0.25, -0.2) is 13.1 Å². The molecule has 158 valence electrons. The van der Waals surface area contributed by atoms with Crippen LogP contribution in [-0.2, 0) is 26.0 Å². The molecule has 7 nitrogen and oxygen atoms in total. The second-order valence-corrected chi connectivity index (χ2v) is 9.51. The highest BCUT2D eigenvalue weighted by molar-refractivity contribution is 7.89. The van der Waals surface area contributed by atoms with Crippen LogP contribution in [-0.4, -0.2) is 39.4 Å². The highest BCUT2D eigenvalue weighted by Crippen LogP contribution is 2.31. The lowest BCUT2D eigenvalue weighted by Gasteiger charge is -2.24. The Morgan fingerprint density at radius 1 is 1.00 bits per heavy atom. The first kappa shape index (κ1) is 20.6. The van der Waals surface area contributed by atoms with Gasteiger partial charge in [0.25, 0.3) is 0 Å². The van der Waals surface area contributed by atoms with E-state index in [4.69, 9.17) is 0 Å². The average molecular weight is 428 g/mol. The first-order chi connectivity index (χ1) is 14.4. The van der Waals surface area contributed by atoms with Crippen molar-refractivity contribution in [3.05, 3.63) is 54.1 Å². The molecule has 1 fully saturated rings. The Kier molecular flexibility index (Phi) is 5.62. The quantitative estimate of drug-likeness (QED) is 0.542. The zero-order valence-corrected chi connectivity index (χ0v) is 17.7. The number of benzene rings is 2. The van der Waals surface area contributed by atoms with Gasteiger partial charge in [-0.1, -0.05) is 18.2 Å². The molecule has 2 aliphatic rings. The molecule has 2 heterocycles. The van der Waals surface area contributed by atoms with E-state index in [-0.39, 0.29) is 29.6 Å². The smallest absolute Gasteiger partial charge is 0.240 e. The highest BCUT2D eigenvalue weighted by atomic mass is 32.2. The first-order valence-electron chi connectivity index (χ1n) is 10.2. The Labute approximate surface area is 176 Å². The summed E-state index contributed by atoms with van der Waals surface area (Å²) < 4.78 is 27.8. The third kappa shape index (κ3) is 3.97. The molecule has 0 aliphatic carbocycles. The van der Waals surface area contributed by atoms with Crippen LogP contribution in [0, 0.1) is 0 Å². The molecule has 0 bridgehead atoms. The van der Waals surface area contributed by atoms with Gasteiger partial charge in [-0.15, -0.1) is 0 Å². The molecule has 1 saturated heterocycles. The lowest BCUT2D eigenvalue weighted by molar-refractivity contribution is -0.121. The van der Waals surface area contributed by atoms with Crippen LogP contribution in [0.1, 0.15) is 31.7 Å². The number of para-hydroxylation sites is 1. The van der Waals surface area contributed by atoms with Crippen LogP contribution in [0.3, 0.4) is 0 Å². The molecule has 1 N–H and O–H groups in total. The number of imide groups is 1. The number of nitrogens with one attached hydrogen (secondary N) is 1. The third-order valence-corrected chi connectivity index (χ3v) is 7.15. The molecule has 2 aromatic carbocycles. The van der Waals surface area contributed by atoms with E-state index in [9.17, 15) is 18.0 Å². The van der Waals surface area contributed by atoms with Crippen molar-refractivity contribution in [2.75, 3.05) is 22.9 Å². The van der Waals surface area contributed by atoms with Gasteiger partial charge < -0.3 is 4.90 Å². The molecule has 30 heavy (non-hydrogen) atoms. The van der Waals surface area contributed by atoms with Crippen LogP contribution in [0.2, 0.25) is 0 Å². The van der Waals surface area contributed by atoms with E-state index >= 15 is 0 Å². The van der Waals surface area contributed by atoms with Gasteiger partial charge in [0.2, 0.25) is 21.8 Å². The molecule has 2 amide bonds. The van der Waals surface area contributed by atoms with Crippen molar-refractivity contribution in [3.63, 3.8) is 0 Å². The van der Waals surface area contributed by atoms with E-state index < -0.39 is 10.0 Å². The van der Waals surface area contributed by atoms with Gasteiger partial charge in [0.05, 0.1) is 10.6 Å². The topological polar surface area (TPSA) is 86.8 Å². The van der Waals surface area contributed by atoms with E-state index in [0.717, 1.165) is 17.9 Å². The Morgan fingerprint density at radius 3 is 2.37 bits per heavy atom. The SMILES string of the molecule is C[C@H]1Cc2ccccc2N1CCCNS(=O)(=O)c1ccc(N2C(=O)CCC2=O)cc1. The summed E-state index contributed by atoms with van der Waals surface area (Å²) in [5, 5.41) is 0. The van der Waals surface area contributed by atoms with Gasteiger partial charge in [0.15, 0.2) is 0 Å². The van der Waals surface area contributed by atoms with Crippen molar-refractivity contribution < 1.29 is 18.0 Å². The molecule has 1 atom stereocenters. The summed E-state index contributed by atoms with van der Waals surface area (Å²) >= 11 is 0. The first-order valence-corrected chi connectivity index (χ1v) is 11.7. The molecule has 0 spiro atoms. The van der Waals surface area contributed by atoms with Gasteiger partial charge >= 0.3 is 0 Å². The van der Waals surface area contributed by atoms with Crippen LogP contribution in [0.15, 0.2) is 53.4 Å². The van der Waals surface area contributed by atoms with Crippen molar-refractivity contribution >= 4 is 33.2 Å². The number of hydrogen-bond acceptors (Lipinski definition) is 5. The second kappa shape index (κ2) is 8.20. The minimum Gasteiger partial charge on any atom is -0.368 e. The Bertz CT molecular complexity index is 1050. The second-order valence-electron chi connectivity index (χ2n) is 7.74. The average Bonchev–Trinajstić information content (AvgIpc) is 3.23. The standard InChI is InChI=1S/C22H25N3O4S/c1-16-15-17-5-2-3-6-20(17)24(16)14-4-13-23-30(28,29)19-9-7-18(8-10-19)25-21(26)11-12-22(25)27/h2-3,5-10,16,23H,4,11-15H2,1H3/t16-/m0/s1. The third-order valence-electron chi connectivity index (χ3n) is 5.67. The largest absolute Gasteiger partial charge is 0.368 e. The summed E-state index contributed by atoms with van der Waals surface area (Å²) in [7, 11) is -3.65. The van der Waals surface area contributed by atoms with Gasteiger partial charge in [-0.3, -0.25) is 14.5 Å². The molecular formula is C22H25N3O4S. The summed E-state index contributed by atoms with van der Waals surface area (Å²) in [5.74, 6) is -0.516. The minimum atomic E-state index is -3.65. The number of nitrogens with zero attached hydrogens (tertiary/aromatic N) is 2. The van der Waals surface area contributed by atoms with E-state index in [0.29, 0.717) is 24.7 Å². The highest BCUT2D eigenvalue weighted by Gasteiger charge is 2.30. The molecule has 2 aromatic rings. The van der Waals surface area contributed by atoms with Gasteiger partial charge in [0, 0.05) is 37.7 Å². The van der Waals surface area contributed by atoms with Gasteiger partial charge in [-0.2, -0.15) is 0 Å². The Balaban J connectivity index is 1.34. The molecule has 0 aromatic heterocycles. The van der Waals surface area contributed by atoms with Crippen LogP contribution in [0.5, 0.6) is 0 Å². The number of anilines is 2. The summed E-state index contributed by atoms with van der Waals surface area (Å²) in [6.45, 7) is 3.29. The molecule has 0 unspecified atom stereocenters. The van der Waals surface area contributed by atoms with E-state index in [1.807, 2.05) is 12.1 Å². The van der Waals surface area contributed by atoms with Crippen molar-refractivity contribution in [2.45, 2.75) is 43.5 Å². The van der Waals surface area contributed by atoms with E-state index in [1.54, 1.807) is 0 Å². The van der Waals surface area contributed by atoms with Crippen molar-refractivity contribution in [3.8, 4) is 0 Å². The van der Waals surface area contributed by atoms with Crippen molar-refractivity contribution in [1.82, 2.24) is 4.72 Å². The molecule has 4 rings (SSSR count). The van der Waals surface area contributed by atoms with Crippen LogP contribution < -0.4 is 14.5 Å². The van der Waals surface area contributed by atoms with Crippen LogP contribution in [0.25, 0.3) is 0 Å². The number of carbonyl (C=O) groups is 2. The lowest BCUT2D eigenvalue weighted by atomic mass is 10.1. The monoisotopic (exact) mass is 427 g/mol. The minimum absolute atomic E-state index is 0.116. The maximum atomic E-state index is 12.6. The molecular weight excluding hydrogens is 402 g/mol. The summed E-state index contributed by atoms with van der Waals surface area (Å²) in [5.41, 5.74) is 2.97. The fourth-order valence-corrected chi connectivity index (χ4v) is 5.22. The number of carbonyl (C=O) groups excluding carboxylic acids is 2. The van der Waals surface area contributed by atoms with Crippen LogP contribution >= 0.6 is 0 Å². The van der Waals surface area contributed by atoms with Crippen molar-refractivity contribution in [2.24, 2.45) is 0 Å². The Morgan fingerprint density at radius 2 is 1.67 bits per heavy atom. The predicted molar refractivity (Wildman–Crippen MR) is 115 cm³/mol. The van der Waals surface area contributed by atoms with Gasteiger partial charge in [0.1, 0.15) is 0 Å². The number of fused-ring (bicyclic) bond motifs is 1. The number of sulfonamides is 1. The van der Waals surface area contributed by atoms with Crippen LogP contribution in [0.4, 0.5) is 11.4 Å². The molecule has 8 heteroatoms. The molecule has 0 radical (unpaired) electrons. The maximum absolute atomic E-state index is 12.6. The Hall–Kier alpha value is -2.71. The normalized spacial score (nSPS) is 18.9. The fourth-order valence-electron chi connectivity index (χ4n) is 4.15. The number of hydrogen-bond donors (Lipinski definition) is 1. The number of amides is 2. The number of rotatable bonds is 7. The molecule has 0 saturated carbocycles. The zero-order chi connectivity index (χ0) is 21.3. The lowest BCUT2D eigenvalue weighted by Crippen LogP contribution is -2.33. The van der Waals surface area contributed by atoms with E-state index in [1.165, 1.54) is 35.5 Å². The summed E-state index contributed by atoms with van der Waals surface area (Å²) in [4.78, 5) is 27.2. The van der Waals surface area contributed by atoms with E-state index in [2.05, 4.69) is 28.7 Å². The summed E-state index contributed by atoms with van der Waals surface area (Å²) in [6, 6.07) is 14.6. The predicted octanol–water partition coefficient (Wildman–Crippen LogP) is 2.46. The fraction of sp³-hybridized carbons (Fsp3) is 0.364. The zero-order valence-electron chi connectivity index (χ0n) is 16.9.